The highest BCUT2D eigenvalue weighted by Crippen LogP contribution is 2.18. The lowest BCUT2D eigenvalue weighted by Gasteiger charge is -1.98. The zero-order valence-electron chi connectivity index (χ0n) is 7.08. The third-order valence-electron chi connectivity index (χ3n) is 1.50. The van der Waals surface area contributed by atoms with Crippen LogP contribution in [0.5, 0.6) is 0 Å². The first-order valence-electron chi connectivity index (χ1n) is 3.89. The highest BCUT2D eigenvalue weighted by molar-refractivity contribution is 7.99. The summed E-state index contributed by atoms with van der Waals surface area (Å²) in [4.78, 5) is 1.25. The topological polar surface area (TPSA) is 23.8 Å². The van der Waals surface area contributed by atoms with Crippen molar-refractivity contribution in [1.29, 1.82) is 5.26 Å². The SMILES string of the molecule is Cc1ccc(SCCC#N)cc1. The van der Waals surface area contributed by atoms with Crippen LogP contribution in [0.15, 0.2) is 29.2 Å². The average molecular weight is 177 g/mol. The van der Waals surface area contributed by atoms with E-state index in [4.69, 9.17) is 5.26 Å². The highest BCUT2D eigenvalue weighted by Gasteiger charge is 1.91. The molecule has 0 N–H and O–H groups in total. The molecule has 0 aliphatic rings. The molecule has 0 radical (unpaired) electrons. The molecule has 62 valence electrons. The van der Waals surface area contributed by atoms with Gasteiger partial charge < -0.3 is 0 Å². The van der Waals surface area contributed by atoms with E-state index in [1.54, 1.807) is 11.8 Å². The first-order chi connectivity index (χ1) is 5.83. The van der Waals surface area contributed by atoms with E-state index in [0.717, 1.165) is 5.75 Å². The lowest BCUT2D eigenvalue weighted by molar-refractivity contribution is 1.23. The Bertz CT molecular complexity index is 271. The molecule has 0 aliphatic heterocycles. The molecule has 0 heterocycles. The van der Waals surface area contributed by atoms with Crippen molar-refractivity contribution in [3.63, 3.8) is 0 Å². The second-order valence-corrected chi connectivity index (χ2v) is 3.74. The van der Waals surface area contributed by atoms with Crippen molar-refractivity contribution in [2.24, 2.45) is 0 Å². The Kier molecular flexibility index (Phi) is 3.69. The van der Waals surface area contributed by atoms with Crippen molar-refractivity contribution in [2.45, 2.75) is 18.2 Å². The monoisotopic (exact) mass is 177 g/mol. The zero-order valence-corrected chi connectivity index (χ0v) is 7.90. The number of benzene rings is 1. The van der Waals surface area contributed by atoms with Gasteiger partial charge in [-0.1, -0.05) is 17.7 Å². The van der Waals surface area contributed by atoms with Crippen molar-refractivity contribution < 1.29 is 0 Å². The van der Waals surface area contributed by atoms with E-state index >= 15 is 0 Å². The Labute approximate surface area is 77.4 Å². The van der Waals surface area contributed by atoms with Crippen LogP contribution in [0.1, 0.15) is 12.0 Å². The predicted octanol–water partition coefficient (Wildman–Crippen LogP) is 3.00. The Morgan fingerprint density at radius 2 is 2.00 bits per heavy atom. The first kappa shape index (κ1) is 9.15. The fraction of sp³-hybridized carbons (Fsp3) is 0.300. The molecule has 0 saturated heterocycles. The molecule has 0 bridgehead atoms. The van der Waals surface area contributed by atoms with E-state index in [9.17, 15) is 0 Å². The molecule has 2 heteroatoms. The summed E-state index contributed by atoms with van der Waals surface area (Å²) in [6.45, 7) is 2.07. The van der Waals surface area contributed by atoms with Crippen LogP contribution in [-0.2, 0) is 0 Å². The molecule has 0 aliphatic carbocycles. The van der Waals surface area contributed by atoms with Crippen LogP contribution in [0.25, 0.3) is 0 Å². The fourth-order valence-corrected chi connectivity index (χ4v) is 1.61. The molecular weight excluding hydrogens is 166 g/mol. The lowest BCUT2D eigenvalue weighted by atomic mass is 10.2. The van der Waals surface area contributed by atoms with Crippen LogP contribution in [0.2, 0.25) is 0 Å². The normalized spacial score (nSPS) is 9.33. The Morgan fingerprint density at radius 3 is 2.58 bits per heavy atom. The second kappa shape index (κ2) is 4.84. The summed E-state index contributed by atoms with van der Waals surface area (Å²) >= 11 is 1.73. The van der Waals surface area contributed by atoms with Gasteiger partial charge in [0.15, 0.2) is 0 Å². The fourth-order valence-electron chi connectivity index (χ4n) is 0.849. The number of aryl methyl sites for hydroxylation is 1. The van der Waals surface area contributed by atoms with E-state index in [2.05, 4.69) is 37.3 Å². The van der Waals surface area contributed by atoms with Crippen molar-refractivity contribution in [1.82, 2.24) is 0 Å². The molecule has 1 aromatic rings. The molecule has 1 rings (SSSR count). The average Bonchev–Trinajstić information content (AvgIpc) is 2.09. The quantitative estimate of drug-likeness (QED) is 0.523. The molecule has 1 nitrogen and oxygen atoms in total. The van der Waals surface area contributed by atoms with E-state index in [1.807, 2.05) is 0 Å². The highest BCUT2D eigenvalue weighted by atomic mass is 32.2. The molecule has 0 fully saturated rings. The number of hydrogen-bond acceptors (Lipinski definition) is 2. The minimum atomic E-state index is 0.624. The summed E-state index contributed by atoms with van der Waals surface area (Å²) < 4.78 is 0. The second-order valence-electron chi connectivity index (χ2n) is 2.57. The summed E-state index contributed by atoms with van der Waals surface area (Å²) in [5.74, 6) is 0.888. The number of rotatable bonds is 3. The maximum absolute atomic E-state index is 8.33. The van der Waals surface area contributed by atoms with Gasteiger partial charge in [0.05, 0.1) is 6.07 Å². The van der Waals surface area contributed by atoms with Crippen LogP contribution in [0, 0.1) is 18.3 Å². The van der Waals surface area contributed by atoms with Gasteiger partial charge in [-0.2, -0.15) is 5.26 Å². The summed E-state index contributed by atoms with van der Waals surface area (Å²) in [6, 6.07) is 10.5. The van der Waals surface area contributed by atoms with Gasteiger partial charge in [-0.3, -0.25) is 0 Å². The Balaban J connectivity index is 2.43. The molecule has 0 unspecified atom stereocenters. The molecular formula is C10H11NS. The van der Waals surface area contributed by atoms with Gasteiger partial charge in [-0.05, 0) is 19.1 Å². The third kappa shape index (κ3) is 2.98. The molecule has 12 heavy (non-hydrogen) atoms. The van der Waals surface area contributed by atoms with Crippen LogP contribution in [-0.4, -0.2) is 5.75 Å². The summed E-state index contributed by atoms with van der Waals surface area (Å²) in [6.07, 6.45) is 0.624. The van der Waals surface area contributed by atoms with Crippen molar-refractivity contribution >= 4 is 11.8 Å². The molecule has 0 aromatic heterocycles. The Morgan fingerprint density at radius 1 is 1.33 bits per heavy atom. The molecule has 1 aromatic carbocycles. The number of hydrogen-bond donors (Lipinski definition) is 0. The van der Waals surface area contributed by atoms with Crippen molar-refractivity contribution in [2.75, 3.05) is 5.75 Å². The van der Waals surface area contributed by atoms with Gasteiger partial charge in [0.1, 0.15) is 0 Å². The van der Waals surface area contributed by atoms with Crippen LogP contribution in [0.4, 0.5) is 0 Å². The minimum Gasteiger partial charge on any atom is -0.198 e. The minimum absolute atomic E-state index is 0.624. The van der Waals surface area contributed by atoms with Crippen molar-refractivity contribution in [3.05, 3.63) is 29.8 Å². The number of nitrogens with zero attached hydrogens (tertiary/aromatic N) is 1. The molecule has 0 spiro atoms. The smallest absolute Gasteiger partial charge is 0.0630 e. The molecule has 0 atom stereocenters. The third-order valence-corrected chi connectivity index (χ3v) is 2.52. The van der Waals surface area contributed by atoms with E-state index in [1.165, 1.54) is 10.5 Å². The molecule has 0 amide bonds. The molecule has 0 saturated carbocycles. The first-order valence-corrected chi connectivity index (χ1v) is 4.88. The lowest BCUT2D eigenvalue weighted by Crippen LogP contribution is -1.77. The van der Waals surface area contributed by atoms with Gasteiger partial charge in [0.2, 0.25) is 0 Å². The maximum atomic E-state index is 8.33. The summed E-state index contributed by atoms with van der Waals surface area (Å²) in [5, 5.41) is 8.33. The van der Waals surface area contributed by atoms with Gasteiger partial charge in [-0.25, -0.2) is 0 Å². The van der Waals surface area contributed by atoms with Gasteiger partial charge in [-0.15, -0.1) is 11.8 Å². The summed E-state index contributed by atoms with van der Waals surface area (Å²) in [5.41, 5.74) is 1.28. The van der Waals surface area contributed by atoms with Crippen molar-refractivity contribution in [3.8, 4) is 6.07 Å². The predicted molar refractivity (Wildman–Crippen MR) is 52.1 cm³/mol. The van der Waals surface area contributed by atoms with Crippen LogP contribution in [0.3, 0.4) is 0 Å². The van der Waals surface area contributed by atoms with Gasteiger partial charge in [0.25, 0.3) is 0 Å². The van der Waals surface area contributed by atoms with Crippen LogP contribution >= 0.6 is 11.8 Å². The standard InChI is InChI=1S/C10H11NS/c1-9-3-5-10(6-4-9)12-8-2-7-11/h3-6H,2,8H2,1H3. The van der Waals surface area contributed by atoms with Gasteiger partial charge >= 0.3 is 0 Å². The number of nitriles is 1. The number of thioether (sulfide) groups is 1. The largest absolute Gasteiger partial charge is 0.198 e. The Hall–Kier alpha value is -0.940. The van der Waals surface area contributed by atoms with Gasteiger partial charge in [0, 0.05) is 17.1 Å². The summed E-state index contributed by atoms with van der Waals surface area (Å²) in [7, 11) is 0. The zero-order chi connectivity index (χ0) is 8.81. The maximum Gasteiger partial charge on any atom is 0.0630 e. The van der Waals surface area contributed by atoms with E-state index in [0.29, 0.717) is 6.42 Å². The van der Waals surface area contributed by atoms with E-state index < -0.39 is 0 Å². The van der Waals surface area contributed by atoms with Crippen LogP contribution < -0.4 is 0 Å². The van der Waals surface area contributed by atoms with E-state index in [-0.39, 0.29) is 0 Å².